The highest BCUT2D eigenvalue weighted by molar-refractivity contribution is 5.05. The van der Waals surface area contributed by atoms with E-state index in [9.17, 15) is 0 Å². The van der Waals surface area contributed by atoms with E-state index in [0.29, 0.717) is 24.9 Å². The van der Waals surface area contributed by atoms with E-state index in [0.717, 1.165) is 32.1 Å². The van der Waals surface area contributed by atoms with E-state index < -0.39 is 0 Å². The standard InChI is InChI=1S/C12H21N3O2/c1-2-8-16-9-10-14-11(15-17-10)12(13)6-4-3-5-7-12/h2-9,13H2,1H3. The Labute approximate surface area is 102 Å². The van der Waals surface area contributed by atoms with Gasteiger partial charge in [0, 0.05) is 6.61 Å². The minimum Gasteiger partial charge on any atom is -0.372 e. The average molecular weight is 239 g/mol. The largest absolute Gasteiger partial charge is 0.372 e. The van der Waals surface area contributed by atoms with Crippen molar-refractivity contribution >= 4 is 0 Å². The molecule has 2 rings (SSSR count). The molecule has 1 aromatic rings. The summed E-state index contributed by atoms with van der Waals surface area (Å²) >= 11 is 0. The van der Waals surface area contributed by atoms with Crippen LogP contribution in [-0.2, 0) is 16.9 Å². The summed E-state index contributed by atoms with van der Waals surface area (Å²) in [5.41, 5.74) is 5.94. The molecule has 0 amide bonds. The van der Waals surface area contributed by atoms with Gasteiger partial charge in [-0.3, -0.25) is 0 Å². The molecule has 2 N–H and O–H groups in total. The molecule has 0 spiro atoms. The summed E-state index contributed by atoms with van der Waals surface area (Å²) in [6.45, 7) is 3.17. The first-order chi connectivity index (χ1) is 8.24. The number of hydrogen-bond donors (Lipinski definition) is 1. The summed E-state index contributed by atoms with van der Waals surface area (Å²) in [6, 6.07) is 0. The highest BCUT2D eigenvalue weighted by Gasteiger charge is 2.34. The van der Waals surface area contributed by atoms with Crippen molar-refractivity contribution in [1.29, 1.82) is 0 Å². The van der Waals surface area contributed by atoms with Gasteiger partial charge in [0.05, 0.1) is 5.54 Å². The Morgan fingerprint density at radius 1 is 1.35 bits per heavy atom. The van der Waals surface area contributed by atoms with Crippen LogP contribution in [0.2, 0.25) is 0 Å². The van der Waals surface area contributed by atoms with Crippen LogP contribution in [0.15, 0.2) is 4.52 Å². The van der Waals surface area contributed by atoms with Crippen molar-refractivity contribution in [1.82, 2.24) is 10.1 Å². The van der Waals surface area contributed by atoms with Crippen molar-refractivity contribution in [2.24, 2.45) is 5.73 Å². The molecule has 96 valence electrons. The van der Waals surface area contributed by atoms with Crippen LogP contribution < -0.4 is 5.73 Å². The molecule has 1 heterocycles. The Balaban J connectivity index is 1.96. The van der Waals surface area contributed by atoms with E-state index in [1.165, 1.54) is 6.42 Å². The van der Waals surface area contributed by atoms with Crippen LogP contribution >= 0.6 is 0 Å². The van der Waals surface area contributed by atoms with Crippen LogP contribution in [0.1, 0.15) is 57.2 Å². The summed E-state index contributed by atoms with van der Waals surface area (Å²) in [5.74, 6) is 1.18. The lowest BCUT2D eigenvalue weighted by molar-refractivity contribution is 0.0981. The first-order valence-electron chi connectivity index (χ1n) is 6.44. The van der Waals surface area contributed by atoms with Crippen LogP contribution in [0, 0.1) is 0 Å². The number of nitrogens with two attached hydrogens (primary N) is 1. The number of rotatable bonds is 5. The SMILES string of the molecule is CCCOCc1nc(C2(N)CCCCC2)no1. The van der Waals surface area contributed by atoms with Crippen LogP contribution in [-0.4, -0.2) is 16.7 Å². The Hall–Kier alpha value is -0.940. The molecule has 5 nitrogen and oxygen atoms in total. The van der Waals surface area contributed by atoms with Gasteiger partial charge in [0.15, 0.2) is 5.82 Å². The zero-order chi connectivity index (χ0) is 12.1. The number of ether oxygens (including phenoxy) is 1. The van der Waals surface area contributed by atoms with E-state index in [1.54, 1.807) is 0 Å². The molecule has 0 aromatic carbocycles. The molecule has 1 aliphatic carbocycles. The molecule has 0 unspecified atom stereocenters. The second kappa shape index (κ2) is 5.60. The molecular weight excluding hydrogens is 218 g/mol. The smallest absolute Gasteiger partial charge is 0.252 e. The van der Waals surface area contributed by atoms with E-state index in [4.69, 9.17) is 15.0 Å². The van der Waals surface area contributed by atoms with Gasteiger partial charge in [-0.1, -0.05) is 31.3 Å². The van der Waals surface area contributed by atoms with Gasteiger partial charge in [0.25, 0.3) is 5.89 Å². The Morgan fingerprint density at radius 3 is 2.82 bits per heavy atom. The fraction of sp³-hybridized carbons (Fsp3) is 0.833. The maximum absolute atomic E-state index is 6.32. The minimum absolute atomic E-state index is 0.384. The average Bonchev–Trinajstić information content (AvgIpc) is 2.80. The monoisotopic (exact) mass is 239 g/mol. The second-order valence-corrected chi connectivity index (χ2v) is 4.78. The van der Waals surface area contributed by atoms with Gasteiger partial charge in [-0.25, -0.2) is 0 Å². The van der Waals surface area contributed by atoms with Crippen molar-refractivity contribution in [3.63, 3.8) is 0 Å². The Bertz CT molecular complexity index is 345. The fourth-order valence-electron chi connectivity index (χ4n) is 2.23. The van der Waals surface area contributed by atoms with Crippen molar-refractivity contribution in [3.8, 4) is 0 Å². The molecule has 0 bridgehead atoms. The van der Waals surface area contributed by atoms with Gasteiger partial charge in [-0.15, -0.1) is 0 Å². The van der Waals surface area contributed by atoms with E-state index in [2.05, 4.69) is 17.1 Å². The lowest BCUT2D eigenvalue weighted by Crippen LogP contribution is -2.39. The minimum atomic E-state index is -0.384. The quantitative estimate of drug-likeness (QED) is 0.796. The fourth-order valence-corrected chi connectivity index (χ4v) is 2.23. The third-order valence-electron chi connectivity index (χ3n) is 3.23. The van der Waals surface area contributed by atoms with Gasteiger partial charge < -0.3 is 15.0 Å². The molecule has 0 aliphatic heterocycles. The summed E-state index contributed by atoms with van der Waals surface area (Å²) in [6.07, 6.45) is 6.42. The third kappa shape index (κ3) is 3.04. The lowest BCUT2D eigenvalue weighted by atomic mass is 9.82. The first kappa shape index (κ1) is 12.5. The molecule has 1 aliphatic rings. The first-order valence-corrected chi connectivity index (χ1v) is 6.44. The van der Waals surface area contributed by atoms with Gasteiger partial charge in [0.2, 0.25) is 0 Å². The predicted octanol–water partition coefficient (Wildman–Crippen LogP) is 2.11. The molecule has 0 atom stereocenters. The Morgan fingerprint density at radius 2 is 2.12 bits per heavy atom. The number of aromatic nitrogens is 2. The number of nitrogens with zero attached hydrogens (tertiary/aromatic N) is 2. The van der Waals surface area contributed by atoms with Gasteiger partial charge >= 0.3 is 0 Å². The summed E-state index contributed by atoms with van der Waals surface area (Å²) in [4.78, 5) is 4.35. The van der Waals surface area contributed by atoms with Gasteiger partial charge in [-0.05, 0) is 19.3 Å². The molecule has 0 radical (unpaired) electrons. The lowest BCUT2D eigenvalue weighted by Gasteiger charge is -2.29. The van der Waals surface area contributed by atoms with E-state index >= 15 is 0 Å². The third-order valence-corrected chi connectivity index (χ3v) is 3.23. The van der Waals surface area contributed by atoms with E-state index in [1.807, 2.05) is 0 Å². The molecule has 17 heavy (non-hydrogen) atoms. The molecule has 1 fully saturated rings. The molecular formula is C12H21N3O2. The topological polar surface area (TPSA) is 74.2 Å². The zero-order valence-corrected chi connectivity index (χ0v) is 10.4. The molecule has 0 saturated heterocycles. The van der Waals surface area contributed by atoms with Crippen molar-refractivity contribution < 1.29 is 9.26 Å². The number of hydrogen-bond acceptors (Lipinski definition) is 5. The summed E-state index contributed by atoms with van der Waals surface area (Å²) in [5, 5.41) is 4.00. The van der Waals surface area contributed by atoms with E-state index in [-0.39, 0.29) is 5.54 Å². The van der Waals surface area contributed by atoms with Crippen molar-refractivity contribution in [3.05, 3.63) is 11.7 Å². The van der Waals surface area contributed by atoms with Gasteiger partial charge in [-0.2, -0.15) is 4.98 Å². The van der Waals surface area contributed by atoms with Crippen LogP contribution in [0.4, 0.5) is 0 Å². The molecule has 5 heteroatoms. The van der Waals surface area contributed by atoms with Crippen LogP contribution in [0.25, 0.3) is 0 Å². The summed E-state index contributed by atoms with van der Waals surface area (Å²) < 4.78 is 10.5. The highest BCUT2D eigenvalue weighted by atomic mass is 16.5. The van der Waals surface area contributed by atoms with Gasteiger partial charge in [0.1, 0.15) is 6.61 Å². The predicted molar refractivity (Wildman–Crippen MR) is 63.2 cm³/mol. The van der Waals surface area contributed by atoms with Crippen LogP contribution in [0.3, 0.4) is 0 Å². The Kier molecular flexibility index (Phi) is 4.12. The normalized spacial score (nSPS) is 19.4. The van der Waals surface area contributed by atoms with Crippen molar-refractivity contribution in [2.45, 2.75) is 57.6 Å². The van der Waals surface area contributed by atoms with Crippen LogP contribution in [0.5, 0.6) is 0 Å². The zero-order valence-electron chi connectivity index (χ0n) is 10.4. The van der Waals surface area contributed by atoms with Crippen molar-refractivity contribution in [2.75, 3.05) is 6.61 Å². The summed E-state index contributed by atoms with van der Waals surface area (Å²) in [7, 11) is 0. The molecule has 1 saturated carbocycles. The highest BCUT2D eigenvalue weighted by Crippen LogP contribution is 2.32. The second-order valence-electron chi connectivity index (χ2n) is 4.78. The maximum atomic E-state index is 6.32. The maximum Gasteiger partial charge on any atom is 0.252 e. The molecule has 1 aromatic heterocycles.